The minimum absolute atomic E-state index is 0.144. The van der Waals surface area contributed by atoms with Gasteiger partial charge in [-0.15, -0.1) is 10.2 Å². The van der Waals surface area contributed by atoms with E-state index in [1.54, 1.807) is 62.6 Å². The molecular formula is C21H21N3O6. The molecule has 0 aliphatic heterocycles. The second-order valence-electron chi connectivity index (χ2n) is 6.19. The van der Waals surface area contributed by atoms with E-state index in [4.69, 9.17) is 18.6 Å². The zero-order valence-electron chi connectivity index (χ0n) is 16.7. The molecule has 3 aromatic rings. The first-order valence-electron chi connectivity index (χ1n) is 9.10. The van der Waals surface area contributed by atoms with Gasteiger partial charge in [0.1, 0.15) is 18.0 Å². The number of para-hydroxylation sites is 1. The summed E-state index contributed by atoms with van der Waals surface area (Å²) in [5, 5.41) is 10.4. The van der Waals surface area contributed by atoms with Gasteiger partial charge in [-0.3, -0.25) is 9.59 Å². The van der Waals surface area contributed by atoms with Crippen LogP contribution in [0, 0.1) is 0 Å². The van der Waals surface area contributed by atoms with E-state index >= 15 is 0 Å². The molecule has 1 aromatic heterocycles. The maximum absolute atomic E-state index is 12.2. The van der Waals surface area contributed by atoms with Crippen LogP contribution in [0.25, 0.3) is 11.5 Å². The summed E-state index contributed by atoms with van der Waals surface area (Å²) in [4.78, 5) is 24.3. The zero-order valence-corrected chi connectivity index (χ0v) is 16.7. The van der Waals surface area contributed by atoms with Crippen molar-refractivity contribution >= 4 is 11.9 Å². The lowest BCUT2D eigenvalue weighted by Gasteiger charge is -2.11. The maximum Gasteiger partial charge on any atom is 0.326 e. The predicted octanol–water partition coefficient (Wildman–Crippen LogP) is 2.79. The number of ether oxygens (including phenoxy) is 3. The van der Waals surface area contributed by atoms with E-state index in [0.717, 1.165) is 0 Å². The van der Waals surface area contributed by atoms with Crippen LogP contribution >= 0.6 is 0 Å². The molecule has 1 amide bonds. The van der Waals surface area contributed by atoms with Gasteiger partial charge in [-0.2, -0.15) is 0 Å². The highest BCUT2D eigenvalue weighted by atomic mass is 16.6. The third-order valence-electron chi connectivity index (χ3n) is 4.18. The molecule has 9 heteroatoms. The van der Waals surface area contributed by atoms with Gasteiger partial charge in [0.15, 0.2) is 6.10 Å². The monoisotopic (exact) mass is 411 g/mol. The number of aromatic nitrogens is 2. The van der Waals surface area contributed by atoms with E-state index in [1.165, 1.54) is 7.11 Å². The number of hydrogen-bond donors (Lipinski definition) is 1. The molecule has 0 saturated heterocycles. The summed E-state index contributed by atoms with van der Waals surface area (Å²) in [6.07, 6.45) is -0.778. The van der Waals surface area contributed by atoms with Gasteiger partial charge in [0.25, 0.3) is 11.8 Å². The molecule has 0 aliphatic rings. The lowest BCUT2D eigenvalue weighted by molar-refractivity contribution is -0.148. The zero-order chi connectivity index (χ0) is 21.5. The summed E-state index contributed by atoms with van der Waals surface area (Å²) < 4.78 is 21.1. The second kappa shape index (κ2) is 9.55. The molecule has 0 bridgehead atoms. The van der Waals surface area contributed by atoms with Crippen LogP contribution in [0.15, 0.2) is 52.9 Å². The topological polar surface area (TPSA) is 113 Å². The fraction of sp³-hybridized carbons (Fsp3) is 0.238. The van der Waals surface area contributed by atoms with Crippen molar-refractivity contribution < 1.29 is 28.2 Å². The number of rotatable bonds is 8. The molecule has 0 fully saturated rings. The van der Waals surface area contributed by atoms with Crippen molar-refractivity contribution in [1.29, 1.82) is 0 Å². The Morgan fingerprint density at radius 1 is 1.03 bits per heavy atom. The predicted molar refractivity (Wildman–Crippen MR) is 106 cm³/mol. The summed E-state index contributed by atoms with van der Waals surface area (Å²) in [7, 11) is 3.04. The van der Waals surface area contributed by atoms with Crippen LogP contribution in [-0.4, -0.2) is 42.8 Å². The Labute approximate surface area is 173 Å². The molecule has 156 valence electrons. The molecule has 1 heterocycles. The SMILES string of the molecule is COc1ccc(-c2nnc([C@H](C)OC(=O)CNC(=O)c3ccccc3OC)o2)cc1. The molecule has 2 aromatic carbocycles. The lowest BCUT2D eigenvalue weighted by Crippen LogP contribution is -2.31. The van der Waals surface area contributed by atoms with Gasteiger partial charge in [-0.25, -0.2) is 0 Å². The Balaban J connectivity index is 1.55. The second-order valence-corrected chi connectivity index (χ2v) is 6.19. The van der Waals surface area contributed by atoms with Gasteiger partial charge in [0.05, 0.1) is 19.8 Å². The van der Waals surface area contributed by atoms with Crippen molar-refractivity contribution in [2.45, 2.75) is 13.0 Å². The largest absolute Gasteiger partial charge is 0.497 e. The minimum atomic E-state index is -0.778. The molecular weight excluding hydrogens is 390 g/mol. The number of methoxy groups -OCH3 is 2. The van der Waals surface area contributed by atoms with Crippen molar-refractivity contribution in [3.8, 4) is 23.0 Å². The van der Waals surface area contributed by atoms with E-state index in [2.05, 4.69) is 15.5 Å². The van der Waals surface area contributed by atoms with E-state index < -0.39 is 18.0 Å². The van der Waals surface area contributed by atoms with Gasteiger partial charge in [-0.05, 0) is 43.3 Å². The van der Waals surface area contributed by atoms with Crippen molar-refractivity contribution in [3.63, 3.8) is 0 Å². The summed E-state index contributed by atoms with van der Waals surface area (Å²) in [5.74, 6) is 0.460. The van der Waals surface area contributed by atoms with Crippen molar-refractivity contribution in [3.05, 3.63) is 60.0 Å². The molecule has 0 spiro atoms. The Kier molecular flexibility index (Phi) is 6.63. The van der Waals surface area contributed by atoms with Crippen molar-refractivity contribution in [1.82, 2.24) is 15.5 Å². The van der Waals surface area contributed by atoms with Crippen LogP contribution in [-0.2, 0) is 9.53 Å². The van der Waals surface area contributed by atoms with Crippen LogP contribution in [0.1, 0.15) is 29.3 Å². The summed E-state index contributed by atoms with van der Waals surface area (Å²) in [5.41, 5.74) is 1.03. The maximum atomic E-state index is 12.2. The number of benzene rings is 2. The van der Waals surface area contributed by atoms with Gasteiger partial charge in [0.2, 0.25) is 5.89 Å². The summed E-state index contributed by atoms with van der Waals surface area (Å²) in [6.45, 7) is 1.28. The molecule has 0 radical (unpaired) electrons. The van der Waals surface area contributed by atoms with Crippen molar-refractivity contribution in [2.75, 3.05) is 20.8 Å². The number of hydrogen-bond acceptors (Lipinski definition) is 8. The van der Waals surface area contributed by atoms with Crippen LogP contribution in [0.2, 0.25) is 0 Å². The van der Waals surface area contributed by atoms with E-state index in [1.807, 2.05) is 0 Å². The molecule has 0 saturated carbocycles. The first-order valence-corrected chi connectivity index (χ1v) is 9.10. The van der Waals surface area contributed by atoms with Crippen LogP contribution < -0.4 is 14.8 Å². The average molecular weight is 411 g/mol. The molecule has 0 aliphatic carbocycles. The number of nitrogens with one attached hydrogen (secondary N) is 1. The van der Waals surface area contributed by atoms with Crippen LogP contribution in [0.5, 0.6) is 11.5 Å². The smallest absolute Gasteiger partial charge is 0.326 e. The number of amides is 1. The molecule has 0 unspecified atom stereocenters. The van der Waals surface area contributed by atoms with Gasteiger partial charge in [-0.1, -0.05) is 12.1 Å². The Morgan fingerprint density at radius 3 is 2.47 bits per heavy atom. The van der Waals surface area contributed by atoms with Gasteiger partial charge in [0, 0.05) is 5.56 Å². The summed E-state index contributed by atoms with van der Waals surface area (Å²) in [6, 6.07) is 13.8. The third kappa shape index (κ3) is 4.93. The average Bonchev–Trinajstić information content (AvgIpc) is 3.28. The lowest BCUT2D eigenvalue weighted by atomic mass is 10.2. The first kappa shape index (κ1) is 20.8. The Bertz CT molecular complexity index is 1020. The third-order valence-corrected chi connectivity index (χ3v) is 4.18. The van der Waals surface area contributed by atoms with Crippen LogP contribution in [0.4, 0.5) is 0 Å². The molecule has 1 N–H and O–H groups in total. The summed E-state index contributed by atoms with van der Waals surface area (Å²) >= 11 is 0. The highest BCUT2D eigenvalue weighted by molar-refractivity contribution is 5.98. The molecule has 3 rings (SSSR count). The fourth-order valence-electron chi connectivity index (χ4n) is 2.62. The highest BCUT2D eigenvalue weighted by Gasteiger charge is 2.20. The highest BCUT2D eigenvalue weighted by Crippen LogP contribution is 2.24. The van der Waals surface area contributed by atoms with Crippen LogP contribution in [0.3, 0.4) is 0 Å². The number of carbonyl (C=O) groups excluding carboxylic acids is 2. The van der Waals surface area contributed by atoms with E-state index in [9.17, 15) is 9.59 Å². The number of esters is 1. The van der Waals surface area contributed by atoms with Gasteiger partial charge < -0.3 is 23.9 Å². The van der Waals surface area contributed by atoms with Gasteiger partial charge >= 0.3 is 5.97 Å². The standard InChI is InChI=1S/C21H21N3O6/c1-13(20-23-24-21(30-20)14-8-10-15(27-2)11-9-14)29-18(25)12-22-19(26)16-6-4-5-7-17(16)28-3/h4-11,13H,12H2,1-3H3,(H,22,26)/t13-/m0/s1. The fourth-order valence-corrected chi connectivity index (χ4v) is 2.62. The van der Waals surface area contributed by atoms with E-state index in [0.29, 0.717) is 28.5 Å². The van der Waals surface area contributed by atoms with E-state index in [-0.39, 0.29) is 12.4 Å². The number of nitrogens with zero attached hydrogens (tertiary/aromatic N) is 2. The molecule has 30 heavy (non-hydrogen) atoms. The number of carbonyl (C=O) groups is 2. The first-order chi connectivity index (χ1) is 14.5. The Morgan fingerprint density at radius 2 is 1.77 bits per heavy atom. The normalized spacial score (nSPS) is 11.4. The minimum Gasteiger partial charge on any atom is -0.497 e. The quantitative estimate of drug-likeness (QED) is 0.563. The van der Waals surface area contributed by atoms with Crippen molar-refractivity contribution in [2.24, 2.45) is 0 Å². The Hall–Kier alpha value is -3.88. The molecule has 9 nitrogen and oxygen atoms in total. The molecule has 1 atom stereocenters.